The van der Waals surface area contributed by atoms with Crippen molar-refractivity contribution in [3.05, 3.63) is 35.9 Å². The Balaban J connectivity index is 0.00000420. The van der Waals surface area contributed by atoms with Crippen LogP contribution in [0.15, 0.2) is 30.3 Å². The number of amides is 1. The van der Waals surface area contributed by atoms with Gasteiger partial charge in [0.1, 0.15) is 11.6 Å². The van der Waals surface area contributed by atoms with Crippen molar-refractivity contribution in [1.82, 2.24) is 4.90 Å². The molecule has 2 rings (SSSR count). The smallest absolute Gasteiger partial charge is 0.451 e. The number of halogens is 2. The highest BCUT2D eigenvalue weighted by Crippen LogP contribution is 2.28. The number of nitrogens with zero attached hydrogens (tertiary/aromatic N) is 1. The SMILES string of the molecule is Cl.Cl.NC(COCc1ccccc1)C(=O)N1C[C@@H](CCB(O)O)C[C@](N)(C(=O)O)C1. The molecule has 0 spiro atoms. The van der Waals surface area contributed by atoms with Crippen molar-refractivity contribution in [3.8, 4) is 0 Å². The summed E-state index contributed by atoms with van der Waals surface area (Å²) in [6, 6.07) is 8.51. The number of carboxylic acids is 1. The normalized spacial score (nSPS) is 21.7. The van der Waals surface area contributed by atoms with Crippen LogP contribution >= 0.6 is 24.8 Å². The van der Waals surface area contributed by atoms with Crippen LogP contribution < -0.4 is 11.5 Å². The van der Waals surface area contributed by atoms with Crippen LogP contribution in [-0.2, 0) is 20.9 Å². The number of likely N-dealkylation sites (tertiary alicyclic amines) is 1. The number of benzene rings is 1. The second-order valence-electron chi connectivity index (χ2n) is 7.42. The minimum atomic E-state index is -1.59. The molecule has 1 amide bonds. The van der Waals surface area contributed by atoms with E-state index in [-0.39, 0.29) is 63.2 Å². The van der Waals surface area contributed by atoms with Gasteiger partial charge >= 0.3 is 13.1 Å². The fourth-order valence-corrected chi connectivity index (χ4v) is 3.45. The largest absolute Gasteiger partial charge is 0.480 e. The first-order valence-electron chi connectivity index (χ1n) is 9.25. The van der Waals surface area contributed by atoms with Gasteiger partial charge in [0, 0.05) is 13.1 Å². The topological polar surface area (TPSA) is 159 Å². The first-order chi connectivity index (χ1) is 13.2. The Hall–Kier alpha value is -1.40. The van der Waals surface area contributed by atoms with Crippen LogP contribution in [0.25, 0.3) is 0 Å². The first kappa shape index (κ1) is 28.6. The zero-order chi connectivity index (χ0) is 20.7. The average Bonchev–Trinajstić information content (AvgIpc) is 2.66. The van der Waals surface area contributed by atoms with Crippen molar-refractivity contribution in [2.24, 2.45) is 17.4 Å². The van der Waals surface area contributed by atoms with E-state index in [1.807, 2.05) is 30.3 Å². The lowest BCUT2D eigenvalue weighted by atomic mass is 9.75. The van der Waals surface area contributed by atoms with Crippen LogP contribution in [0.1, 0.15) is 18.4 Å². The summed E-state index contributed by atoms with van der Waals surface area (Å²) < 4.78 is 5.51. The number of carboxylic acid groups (broad SMARTS) is 1. The molecule has 0 radical (unpaired) electrons. The van der Waals surface area contributed by atoms with Gasteiger partial charge in [-0.05, 0) is 24.2 Å². The predicted molar refractivity (Wildman–Crippen MR) is 117 cm³/mol. The Morgan fingerprint density at radius 1 is 1.27 bits per heavy atom. The molecule has 170 valence electrons. The van der Waals surface area contributed by atoms with E-state index in [2.05, 4.69) is 0 Å². The van der Waals surface area contributed by atoms with Crippen molar-refractivity contribution < 1.29 is 29.5 Å². The van der Waals surface area contributed by atoms with E-state index < -0.39 is 30.6 Å². The molecule has 1 heterocycles. The molecular formula is C18H30BCl2N3O6. The lowest BCUT2D eigenvalue weighted by Gasteiger charge is -2.42. The van der Waals surface area contributed by atoms with Crippen LogP contribution in [0.4, 0.5) is 0 Å². The second kappa shape index (κ2) is 13.1. The molecule has 30 heavy (non-hydrogen) atoms. The van der Waals surface area contributed by atoms with Gasteiger partial charge in [0.25, 0.3) is 0 Å². The van der Waals surface area contributed by atoms with Gasteiger partial charge in [-0.15, -0.1) is 24.8 Å². The fraction of sp³-hybridized carbons (Fsp3) is 0.556. The quantitative estimate of drug-likeness (QED) is 0.315. The molecule has 1 saturated heterocycles. The van der Waals surface area contributed by atoms with Crippen LogP contribution in [0, 0.1) is 5.92 Å². The number of rotatable bonds is 9. The maximum Gasteiger partial charge on any atom is 0.451 e. The zero-order valence-electron chi connectivity index (χ0n) is 16.6. The van der Waals surface area contributed by atoms with Gasteiger partial charge in [-0.2, -0.15) is 0 Å². The van der Waals surface area contributed by atoms with E-state index in [1.165, 1.54) is 4.90 Å². The van der Waals surface area contributed by atoms with Crippen LogP contribution in [-0.4, -0.2) is 70.3 Å². The number of ether oxygens (including phenoxy) is 1. The summed E-state index contributed by atoms with van der Waals surface area (Å²) in [7, 11) is -1.49. The van der Waals surface area contributed by atoms with Crippen molar-refractivity contribution >= 4 is 43.8 Å². The molecule has 0 aliphatic carbocycles. The molecule has 1 aliphatic rings. The lowest BCUT2D eigenvalue weighted by Crippen LogP contribution is -2.64. The van der Waals surface area contributed by atoms with E-state index in [9.17, 15) is 14.7 Å². The van der Waals surface area contributed by atoms with Crippen LogP contribution in [0.5, 0.6) is 0 Å². The highest BCUT2D eigenvalue weighted by atomic mass is 35.5. The third kappa shape index (κ3) is 8.39. The highest BCUT2D eigenvalue weighted by Gasteiger charge is 2.44. The van der Waals surface area contributed by atoms with Crippen LogP contribution in [0.3, 0.4) is 0 Å². The van der Waals surface area contributed by atoms with E-state index in [0.717, 1.165) is 5.56 Å². The molecule has 0 bridgehead atoms. The third-order valence-electron chi connectivity index (χ3n) is 4.90. The number of aliphatic carboxylic acids is 1. The summed E-state index contributed by atoms with van der Waals surface area (Å²) in [6.45, 7) is 0.430. The minimum Gasteiger partial charge on any atom is -0.480 e. The molecule has 1 aromatic rings. The molecule has 0 aromatic heterocycles. The van der Waals surface area contributed by atoms with Gasteiger partial charge in [-0.3, -0.25) is 9.59 Å². The first-order valence-corrected chi connectivity index (χ1v) is 9.25. The molecule has 9 nitrogen and oxygen atoms in total. The maximum absolute atomic E-state index is 12.7. The zero-order valence-corrected chi connectivity index (χ0v) is 18.2. The molecule has 0 saturated carbocycles. The number of hydrogen-bond acceptors (Lipinski definition) is 7. The number of carbonyl (C=O) groups is 2. The monoisotopic (exact) mass is 465 g/mol. The van der Waals surface area contributed by atoms with Gasteiger partial charge in [0.05, 0.1) is 13.2 Å². The van der Waals surface area contributed by atoms with Crippen molar-refractivity contribution in [2.75, 3.05) is 19.7 Å². The molecule has 7 N–H and O–H groups in total. The van der Waals surface area contributed by atoms with E-state index >= 15 is 0 Å². The summed E-state index contributed by atoms with van der Waals surface area (Å²) in [5.74, 6) is -1.90. The molecule has 1 aliphatic heterocycles. The highest BCUT2D eigenvalue weighted by molar-refractivity contribution is 6.40. The minimum absolute atomic E-state index is 0. The lowest BCUT2D eigenvalue weighted by molar-refractivity contribution is -0.150. The molecular weight excluding hydrogens is 436 g/mol. The number of hydrogen-bond donors (Lipinski definition) is 5. The van der Waals surface area contributed by atoms with Crippen LogP contribution in [0.2, 0.25) is 6.32 Å². The third-order valence-corrected chi connectivity index (χ3v) is 4.90. The summed E-state index contributed by atoms with van der Waals surface area (Å²) in [4.78, 5) is 25.7. The van der Waals surface area contributed by atoms with Crippen molar-refractivity contribution in [3.63, 3.8) is 0 Å². The second-order valence-corrected chi connectivity index (χ2v) is 7.42. The van der Waals surface area contributed by atoms with Crippen molar-refractivity contribution in [2.45, 2.75) is 37.3 Å². The van der Waals surface area contributed by atoms with Gasteiger partial charge in [0.15, 0.2) is 0 Å². The summed E-state index contributed by atoms with van der Waals surface area (Å²) in [5.41, 5.74) is 11.3. The van der Waals surface area contributed by atoms with Gasteiger partial charge < -0.3 is 36.3 Å². The fourth-order valence-electron chi connectivity index (χ4n) is 3.45. The standard InChI is InChI=1S/C18H28BN3O6.2ClH/c20-15(11-28-10-13-4-2-1-3-5-13)16(23)22-9-14(6-7-19(26)27)8-18(21,12-22)17(24)25;;/h1-5,14-15,26-27H,6-12,20-21H2,(H,24,25);2*1H/t14-,15?,18+;;/m0../s1. The van der Waals surface area contributed by atoms with Gasteiger partial charge in [0.2, 0.25) is 5.91 Å². The number of nitrogens with two attached hydrogens (primary N) is 2. The van der Waals surface area contributed by atoms with E-state index in [4.69, 9.17) is 26.3 Å². The Labute approximate surface area is 188 Å². The average molecular weight is 466 g/mol. The number of carbonyl (C=O) groups excluding carboxylic acids is 1. The molecule has 12 heteroatoms. The molecule has 3 atom stereocenters. The Morgan fingerprint density at radius 2 is 1.90 bits per heavy atom. The summed E-state index contributed by atoms with van der Waals surface area (Å²) in [6.07, 6.45) is 0.570. The van der Waals surface area contributed by atoms with Gasteiger partial charge in [-0.25, -0.2) is 0 Å². The number of piperidine rings is 1. The Bertz CT molecular complexity index is 673. The Kier molecular flexibility index (Phi) is 12.5. The van der Waals surface area contributed by atoms with Crippen molar-refractivity contribution in [1.29, 1.82) is 0 Å². The molecule has 1 unspecified atom stereocenters. The predicted octanol–water partition coefficient (Wildman–Crippen LogP) is -0.132. The summed E-state index contributed by atoms with van der Waals surface area (Å²) >= 11 is 0. The van der Waals surface area contributed by atoms with E-state index in [0.29, 0.717) is 13.0 Å². The van der Waals surface area contributed by atoms with E-state index in [1.54, 1.807) is 0 Å². The molecule has 1 aromatic carbocycles. The molecule has 1 fully saturated rings. The van der Waals surface area contributed by atoms with Gasteiger partial charge in [-0.1, -0.05) is 36.8 Å². The maximum atomic E-state index is 12.7. The Morgan fingerprint density at radius 3 is 2.47 bits per heavy atom. The summed E-state index contributed by atoms with van der Waals surface area (Å²) in [5, 5.41) is 27.6.